The van der Waals surface area contributed by atoms with E-state index in [4.69, 9.17) is 14.2 Å². The fraction of sp³-hybridized carbons (Fsp3) is 0.933. The molecule has 1 saturated heterocycles. The average Bonchev–Trinajstić information content (AvgIpc) is 2.47. The molecule has 1 aliphatic heterocycles. The van der Waals surface area contributed by atoms with E-state index in [9.17, 15) is 4.79 Å². The van der Waals surface area contributed by atoms with E-state index in [1.807, 2.05) is 6.92 Å². The third-order valence-electron chi connectivity index (χ3n) is 4.17. The summed E-state index contributed by atoms with van der Waals surface area (Å²) >= 11 is 0. The first kappa shape index (κ1) is 14.8. The second-order valence-corrected chi connectivity index (χ2v) is 5.57. The highest BCUT2D eigenvalue weighted by Gasteiger charge is 2.27. The third kappa shape index (κ3) is 4.77. The van der Waals surface area contributed by atoms with Crippen molar-refractivity contribution >= 4 is 5.97 Å². The van der Waals surface area contributed by atoms with Gasteiger partial charge in [-0.2, -0.15) is 0 Å². The van der Waals surface area contributed by atoms with E-state index >= 15 is 0 Å². The summed E-state index contributed by atoms with van der Waals surface area (Å²) in [6.07, 6.45) is 7.41. The molecule has 110 valence electrons. The van der Waals surface area contributed by atoms with Crippen molar-refractivity contribution in [2.24, 2.45) is 11.8 Å². The van der Waals surface area contributed by atoms with Crippen LogP contribution in [0.1, 0.15) is 51.9 Å². The maximum absolute atomic E-state index is 11.6. The van der Waals surface area contributed by atoms with Gasteiger partial charge >= 0.3 is 5.97 Å². The van der Waals surface area contributed by atoms with Gasteiger partial charge in [0.2, 0.25) is 0 Å². The zero-order chi connectivity index (χ0) is 13.5. The molecule has 1 heterocycles. The van der Waals surface area contributed by atoms with E-state index in [1.54, 1.807) is 0 Å². The summed E-state index contributed by atoms with van der Waals surface area (Å²) in [7, 11) is 0. The van der Waals surface area contributed by atoms with Gasteiger partial charge in [-0.3, -0.25) is 4.79 Å². The van der Waals surface area contributed by atoms with Gasteiger partial charge in [0.05, 0.1) is 25.7 Å². The Morgan fingerprint density at radius 1 is 1.11 bits per heavy atom. The summed E-state index contributed by atoms with van der Waals surface area (Å²) in [5.41, 5.74) is 0. The van der Waals surface area contributed by atoms with Crippen LogP contribution < -0.4 is 0 Å². The largest absolute Gasteiger partial charge is 0.466 e. The highest BCUT2D eigenvalue weighted by Crippen LogP contribution is 2.33. The van der Waals surface area contributed by atoms with Crippen LogP contribution in [0.3, 0.4) is 0 Å². The van der Waals surface area contributed by atoms with Crippen LogP contribution in [0.2, 0.25) is 0 Å². The van der Waals surface area contributed by atoms with Crippen LogP contribution >= 0.6 is 0 Å². The molecule has 0 spiro atoms. The molecule has 0 bridgehead atoms. The highest BCUT2D eigenvalue weighted by molar-refractivity contribution is 5.72. The van der Waals surface area contributed by atoms with E-state index < -0.39 is 0 Å². The molecule has 0 aromatic carbocycles. The Kier molecular flexibility index (Phi) is 6.11. The van der Waals surface area contributed by atoms with Gasteiger partial charge in [0.25, 0.3) is 0 Å². The highest BCUT2D eigenvalue weighted by atomic mass is 16.7. The number of rotatable bonds is 5. The molecule has 2 aliphatic rings. The van der Waals surface area contributed by atoms with Crippen LogP contribution in [-0.4, -0.2) is 32.1 Å². The molecule has 4 heteroatoms. The van der Waals surface area contributed by atoms with Gasteiger partial charge in [-0.1, -0.05) is 0 Å². The minimum Gasteiger partial charge on any atom is -0.466 e. The van der Waals surface area contributed by atoms with E-state index in [2.05, 4.69) is 0 Å². The number of hydrogen-bond donors (Lipinski definition) is 0. The Labute approximate surface area is 115 Å². The Morgan fingerprint density at radius 2 is 1.79 bits per heavy atom. The van der Waals surface area contributed by atoms with Crippen molar-refractivity contribution in [1.82, 2.24) is 0 Å². The van der Waals surface area contributed by atoms with Crippen LogP contribution in [0.4, 0.5) is 0 Å². The monoisotopic (exact) mass is 270 g/mol. The van der Waals surface area contributed by atoms with Crippen molar-refractivity contribution < 1.29 is 19.0 Å². The lowest BCUT2D eigenvalue weighted by Crippen LogP contribution is -2.27. The van der Waals surface area contributed by atoms with Gasteiger partial charge in [-0.15, -0.1) is 0 Å². The van der Waals surface area contributed by atoms with Gasteiger partial charge in [0, 0.05) is 0 Å². The van der Waals surface area contributed by atoms with Crippen molar-refractivity contribution in [2.45, 2.75) is 58.2 Å². The number of esters is 1. The lowest BCUT2D eigenvalue weighted by Gasteiger charge is -2.29. The maximum Gasteiger partial charge on any atom is 0.308 e. The molecule has 0 aromatic heterocycles. The van der Waals surface area contributed by atoms with Crippen LogP contribution in [-0.2, 0) is 19.0 Å². The zero-order valence-corrected chi connectivity index (χ0v) is 11.9. The smallest absolute Gasteiger partial charge is 0.308 e. The predicted molar refractivity (Wildman–Crippen MR) is 71.6 cm³/mol. The van der Waals surface area contributed by atoms with Gasteiger partial charge in [0.15, 0.2) is 6.29 Å². The van der Waals surface area contributed by atoms with Crippen LogP contribution in [0.25, 0.3) is 0 Å². The molecule has 19 heavy (non-hydrogen) atoms. The van der Waals surface area contributed by atoms with Crippen LogP contribution in [0.15, 0.2) is 0 Å². The zero-order valence-electron chi connectivity index (χ0n) is 11.9. The molecule has 1 saturated carbocycles. The molecule has 0 unspecified atom stereocenters. The summed E-state index contributed by atoms with van der Waals surface area (Å²) in [5.74, 6) is 0.859. The molecule has 0 amide bonds. The average molecular weight is 270 g/mol. The molecule has 4 nitrogen and oxygen atoms in total. The molecule has 0 aromatic rings. The Bertz CT molecular complexity index is 265. The van der Waals surface area contributed by atoms with Crippen molar-refractivity contribution in [3.05, 3.63) is 0 Å². The predicted octanol–water partition coefficient (Wildman–Crippen LogP) is 2.90. The van der Waals surface area contributed by atoms with E-state index in [0.29, 0.717) is 6.61 Å². The second-order valence-electron chi connectivity index (χ2n) is 5.57. The first-order valence-corrected chi connectivity index (χ1v) is 7.69. The third-order valence-corrected chi connectivity index (χ3v) is 4.17. The summed E-state index contributed by atoms with van der Waals surface area (Å²) in [4.78, 5) is 11.6. The molecule has 2 fully saturated rings. The molecule has 1 aliphatic carbocycles. The quantitative estimate of drug-likeness (QED) is 0.721. The Balaban J connectivity index is 1.61. The fourth-order valence-corrected chi connectivity index (χ4v) is 3.02. The van der Waals surface area contributed by atoms with Crippen LogP contribution in [0.5, 0.6) is 0 Å². The standard InChI is InChI=1S/C15H26O4/c1-2-17-15(16)13-7-4-12(5-8-13)6-9-14-18-10-3-11-19-14/h12-14H,2-11H2,1H3. The van der Waals surface area contributed by atoms with E-state index in [1.165, 1.54) is 0 Å². The van der Waals surface area contributed by atoms with Gasteiger partial charge in [-0.05, 0) is 57.8 Å². The van der Waals surface area contributed by atoms with Gasteiger partial charge in [0.1, 0.15) is 0 Å². The molecule has 0 N–H and O–H groups in total. The van der Waals surface area contributed by atoms with Crippen molar-refractivity contribution in [3.8, 4) is 0 Å². The Hall–Kier alpha value is -0.610. The van der Waals surface area contributed by atoms with Crippen LogP contribution in [0, 0.1) is 11.8 Å². The summed E-state index contributed by atoms with van der Waals surface area (Å²) in [6, 6.07) is 0. The topological polar surface area (TPSA) is 44.8 Å². The Morgan fingerprint density at radius 3 is 2.42 bits per heavy atom. The maximum atomic E-state index is 11.6. The first-order chi connectivity index (χ1) is 9.29. The van der Waals surface area contributed by atoms with Crippen molar-refractivity contribution in [3.63, 3.8) is 0 Å². The SMILES string of the molecule is CCOC(=O)C1CCC(CCC2OCCCO2)CC1. The van der Waals surface area contributed by atoms with E-state index in [-0.39, 0.29) is 18.2 Å². The lowest BCUT2D eigenvalue weighted by molar-refractivity contribution is -0.183. The van der Waals surface area contributed by atoms with Gasteiger partial charge < -0.3 is 14.2 Å². The molecular formula is C15H26O4. The lowest BCUT2D eigenvalue weighted by atomic mass is 9.80. The van der Waals surface area contributed by atoms with Crippen molar-refractivity contribution in [2.75, 3.05) is 19.8 Å². The number of carbonyl (C=O) groups is 1. The summed E-state index contributed by atoms with van der Waals surface area (Å²) in [5, 5.41) is 0. The first-order valence-electron chi connectivity index (χ1n) is 7.69. The van der Waals surface area contributed by atoms with Gasteiger partial charge in [-0.25, -0.2) is 0 Å². The number of hydrogen-bond acceptors (Lipinski definition) is 4. The second kappa shape index (κ2) is 7.85. The molecular weight excluding hydrogens is 244 g/mol. The summed E-state index contributed by atoms with van der Waals surface area (Å²) in [6.45, 7) is 4.03. The fourth-order valence-electron chi connectivity index (χ4n) is 3.02. The summed E-state index contributed by atoms with van der Waals surface area (Å²) < 4.78 is 16.2. The molecule has 0 atom stereocenters. The van der Waals surface area contributed by atoms with Crippen molar-refractivity contribution in [1.29, 1.82) is 0 Å². The minimum atomic E-state index is -0.0000952. The minimum absolute atomic E-state index is 0.0000952. The number of ether oxygens (including phenoxy) is 3. The normalized spacial score (nSPS) is 29.1. The number of carbonyl (C=O) groups excluding carboxylic acids is 1. The molecule has 2 rings (SSSR count). The molecule has 0 radical (unpaired) electrons. The van der Waals surface area contributed by atoms with E-state index in [0.717, 1.165) is 64.1 Å².